The Morgan fingerprint density at radius 3 is 3.00 bits per heavy atom. The molecule has 5 heteroatoms. The van der Waals surface area contributed by atoms with Gasteiger partial charge < -0.3 is 10.7 Å². The van der Waals surface area contributed by atoms with Crippen molar-refractivity contribution in [3.63, 3.8) is 0 Å². The highest BCUT2D eigenvalue weighted by molar-refractivity contribution is 6.31. The summed E-state index contributed by atoms with van der Waals surface area (Å²) in [5.74, 6) is 0. The van der Waals surface area contributed by atoms with Crippen molar-refractivity contribution in [3.8, 4) is 0 Å². The molecular weight excluding hydrogens is 202 g/mol. The lowest BCUT2D eigenvalue weighted by molar-refractivity contribution is 0.960. The Hall–Kier alpha value is -1.39. The summed E-state index contributed by atoms with van der Waals surface area (Å²) in [7, 11) is 0. The van der Waals surface area contributed by atoms with E-state index in [-0.39, 0.29) is 6.54 Å². The number of rotatable bonds is 1. The number of nitrogens with two attached hydrogens (primary N) is 1. The number of aromatic amines is 1. The summed E-state index contributed by atoms with van der Waals surface area (Å²) < 4.78 is 0. The lowest BCUT2D eigenvalue weighted by Gasteiger charge is -2.02. The van der Waals surface area contributed by atoms with E-state index in [9.17, 15) is 4.79 Å². The van der Waals surface area contributed by atoms with Crippen molar-refractivity contribution in [2.45, 2.75) is 6.54 Å². The molecule has 0 atom stereocenters. The molecule has 1 aromatic carbocycles. The van der Waals surface area contributed by atoms with Gasteiger partial charge in [-0.15, -0.1) is 0 Å². The number of benzene rings is 1. The van der Waals surface area contributed by atoms with Gasteiger partial charge in [-0.2, -0.15) is 4.98 Å². The van der Waals surface area contributed by atoms with E-state index in [4.69, 9.17) is 17.3 Å². The topological polar surface area (TPSA) is 71.8 Å². The minimum absolute atomic E-state index is 0.274. The van der Waals surface area contributed by atoms with Crippen LogP contribution in [0.3, 0.4) is 0 Å². The molecule has 2 rings (SSSR count). The van der Waals surface area contributed by atoms with Gasteiger partial charge in [-0.3, -0.25) is 0 Å². The fraction of sp³-hybridized carbons (Fsp3) is 0.111. The first-order valence-electron chi connectivity index (χ1n) is 4.09. The maximum Gasteiger partial charge on any atom is 0.345 e. The van der Waals surface area contributed by atoms with Crippen LogP contribution < -0.4 is 11.4 Å². The molecule has 1 aromatic heterocycles. The zero-order chi connectivity index (χ0) is 10.1. The van der Waals surface area contributed by atoms with Crippen LogP contribution in [0.2, 0.25) is 5.02 Å². The lowest BCUT2D eigenvalue weighted by atomic mass is 10.2. The molecule has 0 spiro atoms. The summed E-state index contributed by atoms with van der Waals surface area (Å²) in [5.41, 5.74) is 6.34. The molecule has 0 radical (unpaired) electrons. The summed E-state index contributed by atoms with van der Waals surface area (Å²) in [4.78, 5) is 17.5. The average Bonchev–Trinajstić information content (AvgIpc) is 2.15. The van der Waals surface area contributed by atoms with E-state index in [1.54, 1.807) is 18.2 Å². The standard InChI is InChI=1S/C9H8ClN3O/c10-5-1-2-6-7(3-5)12-9(14)13-8(6)4-11/h1-3H,4,11H2,(H,12,13,14). The summed E-state index contributed by atoms with van der Waals surface area (Å²) in [6.07, 6.45) is 0. The quantitative estimate of drug-likeness (QED) is 0.737. The molecule has 3 N–H and O–H groups in total. The maximum atomic E-state index is 11.1. The van der Waals surface area contributed by atoms with E-state index in [1.165, 1.54) is 0 Å². The number of H-pyrrole nitrogens is 1. The molecular formula is C9H8ClN3O. The fourth-order valence-electron chi connectivity index (χ4n) is 1.35. The van der Waals surface area contributed by atoms with Gasteiger partial charge in [0.25, 0.3) is 0 Å². The molecule has 72 valence electrons. The number of nitrogens with zero attached hydrogens (tertiary/aromatic N) is 1. The van der Waals surface area contributed by atoms with E-state index < -0.39 is 5.69 Å². The largest absolute Gasteiger partial charge is 0.345 e. The van der Waals surface area contributed by atoms with Crippen molar-refractivity contribution in [1.29, 1.82) is 0 Å². The predicted molar refractivity (Wildman–Crippen MR) is 55.3 cm³/mol. The first-order valence-corrected chi connectivity index (χ1v) is 4.47. The molecule has 0 aliphatic carbocycles. The van der Waals surface area contributed by atoms with E-state index >= 15 is 0 Å². The van der Waals surface area contributed by atoms with Crippen LogP contribution in [0.25, 0.3) is 10.9 Å². The number of nitrogens with one attached hydrogen (secondary N) is 1. The van der Waals surface area contributed by atoms with Gasteiger partial charge in [0.1, 0.15) is 0 Å². The summed E-state index contributed by atoms with van der Waals surface area (Å²) in [5, 5.41) is 1.38. The minimum Gasteiger partial charge on any atom is -0.325 e. The molecule has 14 heavy (non-hydrogen) atoms. The molecule has 0 saturated heterocycles. The monoisotopic (exact) mass is 209 g/mol. The van der Waals surface area contributed by atoms with Crippen molar-refractivity contribution >= 4 is 22.5 Å². The molecule has 0 unspecified atom stereocenters. The van der Waals surface area contributed by atoms with Crippen molar-refractivity contribution in [2.24, 2.45) is 5.73 Å². The Morgan fingerprint density at radius 1 is 1.50 bits per heavy atom. The Bertz CT molecular complexity index is 535. The summed E-state index contributed by atoms with van der Waals surface area (Å²) >= 11 is 5.78. The van der Waals surface area contributed by atoms with Crippen LogP contribution in [0.4, 0.5) is 0 Å². The van der Waals surface area contributed by atoms with Crippen LogP contribution in [0, 0.1) is 0 Å². The first-order chi connectivity index (χ1) is 6.70. The van der Waals surface area contributed by atoms with E-state index in [1.807, 2.05) is 0 Å². The molecule has 0 aliphatic rings. The van der Waals surface area contributed by atoms with Gasteiger partial charge in [0.2, 0.25) is 0 Å². The highest BCUT2D eigenvalue weighted by atomic mass is 35.5. The number of hydrogen-bond acceptors (Lipinski definition) is 3. The average molecular weight is 210 g/mol. The van der Waals surface area contributed by atoms with E-state index in [2.05, 4.69) is 9.97 Å². The van der Waals surface area contributed by atoms with Gasteiger partial charge in [-0.05, 0) is 18.2 Å². The second-order valence-corrected chi connectivity index (χ2v) is 3.32. The smallest absolute Gasteiger partial charge is 0.325 e. The number of halogens is 1. The second kappa shape index (κ2) is 3.40. The molecule has 0 amide bonds. The van der Waals surface area contributed by atoms with Crippen LogP contribution in [-0.2, 0) is 6.54 Å². The molecule has 1 heterocycles. The van der Waals surface area contributed by atoms with Crippen LogP contribution >= 0.6 is 11.6 Å². The van der Waals surface area contributed by atoms with Gasteiger partial charge in [0.05, 0.1) is 5.52 Å². The van der Waals surface area contributed by atoms with Crippen LogP contribution in [0.5, 0.6) is 0 Å². The number of aromatic nitrogens is 2. The zero-order valence-electron chi connectivity index (χ0n) is 7.25. The van der Waals surface area contributed by atoms with Crippen LogP contribution in [0.1, 0.15) is 5.69 Å². The summed E-state index contributed by atoms with van der Waals surface area (Å²) in [6.45, 7) is 0.274. The highest BCUT2D eigenvalue weighted by Crippen LogP contribution is 2.17. The zero-order valence-corrected chi connectivity index (χ0v) is 8.01. The Balaban J connectivity index is 2.87. The maximum absolute atomic E-state index is 11.1. The third-order valence-electron chi connectivity index (χ3n) is 1.97. The minimum atomic E-state index is -0.403. The van der Waals surface area contributed by atoms with Crippen molar-refractivity contribution in [1.82, 2.24) is 9.97 Å². The van der Waals surface area contributed by atoms with Crippen molar-refractivity contribution < 1.29 is 0 Å². The molecule has 0 bridgehead atoms. The number of hydrogen-bond donors (Lipinski definition) is 2. The predicted octanol–water partition coefficient (Wildman–Crippen LogP) is 1.04. The molecule has 0 saturated carbocycles. The molecule has 0 fully saturated rings. The fourth-order valence-corrected chi connectivity index (χ4v) is 1.51. The molecule has 0 aliphatic heterocycles. The first kappa shape index (κ1) is 9.18. The number of fused-ring (bicyclic) bond motifs is 1. The van der Waals surface area contributed by atoms with Gasteiger partial charge in [0.15, 0.2) is 0 Å². The Kier molecular flexibility index (Phi) is 2.23. The van der Waals surface area contributed by atoms with Crippen molar-refractivity contribution in [2.75, 3.05) is 0 Å². The summed E-state index contributed by atoms with van der Waals surface area (Å²) in [6, 6.07) is 5.18. The van der Waals surface area contributed by atoms with Gasteiger partial charge >= 0.3 is 5.69 Å². The second-order valence-electron chi connectivity index (χ2n) is 2.89. The lowest BCUT2D eigenvalue weighted by Crippen LogP contribution is -2.15. The van der Waals surface area contributed by atoms with Gasteiger partial charge in [-0.25, -0.2) is 4.79 Å². The van der Waals surface area contributed by atoms with Crippen LogP contribution in [-0.4, -0.2) is 9.97 Å². The van der Waals surface area contributed by atoms with Crippen molar-refractivity contribution in [3.05, 3.63) is 39.4 Å². The highest BCUT2D eigenvalue weighted by Gasteiger charge is 2.03. The Morgan fingerprint density at radius 2 is 2.29 bits per heavy atom. The van der Waals surface area contributed by atoms with Gasteiger partial charge in [0, 0.05) is 22.6 Å². The molecule has 4 nitrogen and oxygen atoms in total. The normalized spacial score (nSPS) is 10.7. The van der Waals surface area contributed by atoms with E-state index in [0.717, 1.165) is 5.39 Å². The van der Waals surface area contributed by atoms with E-state index in [0.29, 0.717) is 16.2 Å². The molecule has 2 aromatic rings. The third kappa shape index (κ3) is 1.49. The Labute approximate surface area is 84.7 Å². The SMILES string of the molecule is NCc1[nH]c(=O)nc2cc(Cl)ccc12. The third-order valence-corrected chi connectivity index (χ3v) is 2.20. The van der Waals surface area contributed by atoms with Crippen LogP contribution in [0.15, 0.2) is 23.0 Å². The van der Waals surface area contributed by atoms with Gasteiger partial charge in [-0.1, -0.05) is 11.6 Å².